The smallest absolute Gasteiger partial charge is 0.175 e. The minimum atomic E-state index is 0.521. The molecule has 0 spiro atoms. The molecule has 2 N–H and O–H groups in total. The molecule has 110 valence electrons. The van der Waals surface area contributed by atoms with Crippen molar-refractivity contribution in [3.63, 3.8) is 0 Å². The number of methoxy groups -OCH3 is 2. The number of thiocarbonyl (C=S) groups is 1. The van der Waals surface area contributed by atoms with Crippen LogP contribution in [0.2, 0.25) is 0 Å². The quantitative estimate of drug-likeness (QED) is 0.840. The monoisotopic (exact) mass is 302 g/mol. The average molecular weight is 302 g/mol. The number of rotatable bonds is 4. The van der Waals surface area contributed by atoms with Crippen LogP contribution >= 0.6 is 12.2 Å². The topological polar surface area (TPSA) is 42.5 Å². The molecule has 0 aliphatic heterocycles. The molecular formula is C16H18N2O2S. The Kier molecular flexibility index (Phi) is 5.00. The Labute approximate surface area is 130 Å². The highest BCUT2D eigenvalue weighted by Gasteiger charge is 2.05. The summed E-state index contributed by atoms with van der Waals surface area (Å²) in [6.07, 6.45) is 0. The third kappa shape index (κ3) is 4.10. The molecule has 2 aromatic rings. The molecule has 0 atom stereocenters. The lowest BCUT2D eigenvalue weighted by Crippen LogP contribution is -2.19. The Morgan fingerprint density at radius 1 is 0.905 bits per heavy atom. The summed E-state index contributed by atoms with van der Waals surface area (Å²) in [5.41, 5.74) is 2.96. The van der Waals surface area contributed by atoms with Crippen LogP contribution in [0.5, 0.6) is 11.5 Å². The van der Waals surface area contributed by atoms with E-state index in [4.69, 9.17) is 21.7 Å². The molecule has 0 unspecified atom stereocenters. The highest BCUT2D eigenvalue weighted by Crippen LogP contribution is 2.29. The lowest BCUT2D eigenvalue weighted by molar-refractivity contribution is 0.355. The molecule has 0 saturated carbocycles. The highest BCUT2D eigenvalue weighted by molar-refractivity contribution is 7.80. The zero-order valence-electron chi connectivity index (χ0n) is 12.3. The van der Waals surface area contributed by atoms with Gasteiger partial charge in [-0.25, -0.2) is 0 Å². The van der Waals surface area contributed by atoms with Gasteiger partial charge >= 0.3 is 0 Å². The minimum Gasteiger partial charge on any atom is -0.493 e. The molecule has 0 aliphatic rings. The number of aryl methyl sites for hydroxylation is 1. The molecule has 0 aliphatic carbocycles. The van der Waals surface area contributed by atoms with E-state index in [1.165, 1.54) is 5.56 Å². The third-order valence-corrected chi connectivity index (χ3v) is 3.12. The van der Waals surface area contributed by atoms with Crippen LogP contribution in [0.15, 0.2) is 42.5 Å². The van der Waals surface area contributed by atoms with Gasteiger partial charge in [0.05, 0.1) is 14.2 Å². The predicted octanol–water partition coefficient (Wildman–Crippen LogP) is 3.82. The van der Waals surface area contributed by atoms with Crippen molar-refractivity contribution in [2.75, 3.05) is 24.9 Å². The van der Waals surface area contributed by atoms with E-state index in [-0.39, 0.29) is 0 Å². The first-order valence-corrected chi connectivity index (χ1v) is 6.90. The molecule has 0 amide bonds. The van der Waals surface area contributed by atoms with Crippen molar-refractivity contribution < 1.29 is 9.47 Å². The molecule has 0 saturated heterocycles. The summed E-state index contributed by atoms with van der Waals surface area (Å²) in [5.74, 6) is 1.33. The van der Waals surface area contributed by atoms with Crippen LogP contribution < -0.4 is 20.1 Å². The largest absolute Gasteiger partial charge is 0.493 e. The maximum absolute atomic E-state index is 5.31. The van der Waals surface area contributed by atoms with Gasteiger partial charge in [-0.3, -0.25) is 0 Å². The molecule has 0 heterocycles. The maximum Gasteiger partial charge on any atom is 0.175 e. The van der Waals surface area contributed by atoms with E-state index in [2.05, 4.69) is 10.6 Å². The van der Waals surface area contributed by atoms with Gasteiger partial charge in [0.2, 0.25) is 0 Å². The fourth-order valence-electron chi connectivity index (χ4n) is 1.93. The molecule has 0 aromatic heterocycles. The van der Waals surface area contributed by atoms with Crippen molar-refractivity contribution in [1.82, 2.24) is 0 Å². The Hall–Kier alpha value is -2.27. The van der Waals surface area contributed by atoms with Crippen molar-refractivity contribution in [3.05, 3.63) is 48.0 Å². The number of benzene rings is 2. The SMILES string of the molecule is COc1ccc(NC(=S)Nc2cccc(C)c2)cc1OC. The van der Waals surface area contributed by atoms with E-state index in [0.717, 1.165) is 11.4 Å². The fraction of sp³-hybridized carbons (Fsp3) is 0.188. The van der Waals surface area contributed by atoms with Gasteiger partial charge in [-0.05, 0) is 49.0 Å². The van der Waals surface area contributed by atoms with E-state index in [0.29, 0.717) is 16.6 Å². The van der Waals surface area contributed by atoms with E-state index in [1.54, 1.807) is 14.2 Å². The third-order valence-electron chi connectivity index (χ3n) is 2.92. The van der Waals surface area contributed by atoms with Gasteiger partial charge in [-0.15, -0.1) is 0 Å². The van der Waals surface area contributed by atoms with E-state index in [9.17, 15) is 0 Å². The molecule has 0 bridgehead atoms. The summed E-state index contributed by atoms with van der Waals surface area (Å²) in [6.45, 7) is 2.04. The summed E-state index contributed by atoms with van der Waals surface area (Å²) in [7, 11) is 3.21. The number of hydrogen-bond donors (Lipinski definition) is 2. The van der Waals surface area contributed by atoms with Gasteiger partial charge in [0.1, 0.15) is 0 Å². The highest BCUT2D eigenvalue weighted by atomic mass is 32.1. The van der Waals surface area contributed by atoms with Crippen LogP contribution in [0, 0.1) is 6.92 Å². The van der Waals surface area contributed by atoms with E-state index in [1.807, 2.05) is 49.4 Å². The Bertz CT molecular complexity index is 644. The van der Waals surface area contributed by atoms with Crippen LogP contribution in [0.1, 0.15) is 5.56 Å². The zero-order chi connectivity index (χ0) is 15.2. The van der Waals surface area contributed by atoms with E-state index >= 15 is 0 Å². The summed E-state index contributed by atoms with van der Waals surface area (Å²) in [4.78, 5) is 0. The van der Waals surface area contributed by atoms with E-state index < -0.39 is 0 Å². The Balaban J connectivity index is 2.06. The van der Waals surface area contributed by atoms with Crippen molar-refractivity contribution >= 4 is 28.7 Å². The summed E-state index contributed by atoms with van der Waals surface area (Å²) in [5, 5.41) is 6.79. The lowest BCUT2D eigenvalue weighted by Gasteiger charge is -2.13. The van der Waals surface area contributed by atoms with Crippen LogP contribution in [0.25, 0.3) is 0 Å². The molecular weight excluding hydrogens is 284 g/mol. The first-order chi connectivity index (χ1) is 10.1. The predicted molar refractivity (Wildman–Crippen MR) is 90.6 cm³/mol. The average Bonchev–Trinajstić information content (AvgIpc) is 2.47. The number of anilines is 2. The van der Waals surface area contributed by atoms with Gasteiger partial charge in [0.25, 0.3) is 0 Å². The Morgan fingerprint density at radius 2 is 1.57 bits per heavy atom. The number of hydrogen-bond acceptors (Lipinski definition) is 3. The summed E-state index contributed by atoms with van der Waals surface area (Å²) in [6, 6.07) is 13.6. The first kappa shape index (κ1) is 15.1. The second-order valence-electron chi connectivity index (χ2n) is 4.52. The van der Waals surface area contributed by atoms with Gasteiger partial charge in [0.15, 0.2) is 16.6 Å². The van der Waals surface area contributed by atoms with Gasteiger partial charge < -0.3 is 20.1 Å². The van der Waals surface area contributed by atoms with Crippen LogP contribution in [0.4, 0.5) is 11.4 Å². The lowest BCUT2D eigenvalue weighted by atomic mass is 10.2. The maximum atomic E-state index is 5.31. The number of ether oxygens (including phenoxy) is 2. The first-order valence-electron chi connectivity index (χ1n) is 6.49. The molecule has 4 nitrogen and oxygen atoms in total. The van der Waals surface area contributed by atoms with Crippen LogP contribution in [-0.2, 0) is 0 Å². The molecule has 0 radical (unpaired) electrons. The van der Waals surface area contributed by atoms with Crippen molar-refractivity contribution in [2.24, 2.45) is 0 Å². The summed E-state index contributed by atoms with van der Waals surface area (Å²) >= 11 is 5.31. The van der Waals surface area contributed by atoms with Crippen LogP contribution in [0.3, 0.4) is 0 Å². The second-order valence-corrected chi connectivity index (χ2v) is 4.93. The van der Waals surface area contributed by atoms with Gasteiger partial charge in [0, 0.05) is 17.4 Å². The van der Waals surface area contributed by atoms with Crippen LogP contribution in [-0.4, -0.2) is 19.3 Å². The minimum absolute atomic E-state index is 0.521. The van der Waals surface area contributed by atoms with Gasteiger partial charge in [-0.2, -0.15) is 0 Å². The normalized spacial score (nSPS) is 9.86. The molecule has 5 heteroatoms. The second kappa shape index (κ2) is 6.95. The van der Waals surface area contributed by atoms with Crippen molar-refractivity contribution in [2.45, 2.75) is 6.92 Å². The molecule has 21 heavy (non-hydrogen) atoms. The number of nitrogens with one attached hydrogen (secondary N) is 2. The molecule has 0 fully saturated rings. The molecule has 2 aromatic carbocycles. The summed E-state index contributed by atoms with van der Waals surface area (Å²) < 4.78 is 10.5. The van der Waals surface area contributed by atoms with Crippen molar-refractivity contribution in [1.29, 1.82) is 0 Å². The van der Waals surface area contributed by atoms with Gasteiger partial charge in [-0.1, -0.05) is 12.1 Å². The Morgan fingerprint density at radius 3 is 2.19 bits per heavy atom. The van der Waals surface area contributed by atoms with Crippen molar-refractivity contribution in [3.8, 4) is 11.5 Å². The zero-order valence-corrected chi connectivity index (χ0v) is 13.1. The molecule has 2 rings (SSSR count). The fourth-order valence-corrected chi connectivity index (χ4v) is 2.17. The standard InChI is InChI=1S/C16H18N2O2S/c1-11-5-4-6-12(9-11)17-16(21)18-13-7-8-14(19-2)15(10-13)20-3/h4-10H,1-3H3,(H2,17,18,21).